The molecule has 0 spiro atoms. The van der Waals surface area contributed by atoms with Crippen molar-refractivity contribution in [2.45, 2.75) is 45.0 Å². The third-order valence-electron chi connectivity index (χ3n) is 3.50. The van der Waals surface area contributed by atoms with E-state index in [2.05, 4.69) is 23.4 Å². The van der Waals surface area contributed by atoms with Crippen LogP contribution in [0.25, 0.3) is 0 Å². The summed E-state index contributed by atoms with van der Waals surface area (Å²) in [5.74, 6) is 0.609. The number of methoxy groups -OCH3 is 1. The maximum atomic E-state index is 11.7. The van der Waals surface area contributed by atoms with E-state index in [9.17, 15) is 9.90 Å². The lowest BCUT2D eigenvalue weighted by Crippen LogP contribution is -2.37. The van der Waals surface area contributed by atoms with Gasteiger partial charge in [0.2, 0.25) is 0 Å². The summed E-state index contributed by atoms with van der Waals surface area (Å²) in [6, 6.07) is -0.0566. The molecule has 0 aliphatic carbocycles. The first-order valence-electron chi connectivity index (χ1n) is 6.54. The Labute approximate surface area is 113 Å². The molecule has 6 heteroatoms. The smallest absolute Gasteiger partial charge is 0.323 e. The van der Waals surface area contributed by atoms with Crippen LogP contribution in [0, 0.1) is 0 Å². The molecule has 0 unspecified atom stereocenters. The van der Waals surface area contributed by atoms with Gasteiger partial charge >= 0.3 is 5.97 Å². The van der Waals surface area contributed by atoms with Crippen LogP contribution in [0.2, 0.25) is 0 Å². The zero-order chi connectivity index (χ0) is 14.0. The molecule has 2 atom stereocenters. The van der Waals surface area contributed by atoms with Gasteiger partial charge in [0.25, 0.3) is 0 Å². The van der Waals surface area contributed by atoms with Gasteiger partial charge in [0.1, 0.15) is 11.9 Å². The van der Waals surface area contributed by atoms with Crippen molar-refractivity contribution in [3.8, 4) is 0 Å². The molecule has 19 heavy (non-hydrogen) atoms. The molecule has 6 nitrogen and oxygen atoms in total. The van der Waals surface area contributed by atoms with Gasteiger partial charge in [0.05, 0.1) is 19.8 Å². The molecule has 1 aromatic heterocycles. The van der Waals surface area contributed by atoms with E-state index < -0.39 is 6.10 Å². The van der Waals surface area contributed by atoms with E-state index in [1.54, 1.807) is 6.20 Å². The van der Waals surface area contributed by atoms with Crippen LogP contribution in [0.3, 0.4) is 0 Å². The molecule has 0 saturated carbocycles. The van der Waals surface area contributed by atoms with Crippen molar-refractivity contribution < 1.29 is 14.6 Å². The number of nitrogens with zero attached hydrogens (tertiary/aromatic N) is 3. The van der Waals surface area contributed by atoms with Gasteiger partial charge in [-0.15, -0.1) is 0 Å². The molecule has 1 N–H and O–H groups in total. The summed E-state index contributed by atoms with van der Waals surface area (Å²) in [5.41, 5.74) is 0. The highest BCUT2D eigenvalue weighted by atomic mass is 16.5. The van der Waals surface area contributed by atoms with E-state index in [1.165, 1.54) is 7.11 Å². The molecule has 0 amide bonds. The van der Waals surface area contributed by atoms with Gasteiger partial charge in [0, 0.05) is 31.4 Å². The highest BCUT2D eigenvalue weighted by molar-refractivity contribution is 5.76. The monoisotopic (exact) mass is 267 g/mol. The van der Waals surface area contributed by atoms with Crippen LogP contribution in [-0.2, 0) is 16.1 Å². The van der Waals surface area contributed by atoms with E-state index in [-0.39, 0.29) is 12.0 Å². The lowest BCUT2D eigenvalue weighted by Gasteiger charge is -2.22. The van der Waals surface area contributed by atoms with Crippen molar-refractivity contribution in [2.24, 2.45) is 0 Å². The third kappa shape index (κ3) is 2.96. The van der Waals surface area contributed by atoms with Gasteiger partial charge in [-0.05, 0) is 13.8 Å². The van der Waals surface area contributed by atoms with Gasteiger partial charge in [-0.25, -0.2) is 4.98 Å². The van der Waals surface area contributed by atoms with Crippen LogP contribution >= 0.6 is 0 Å². The van der Waals surface area contributed by atoms with Crippen molar-refractivity contribution in [1.29, 1.82) is 0 Å². The Hall–Kier alpha value is -1.40. The quantitative estimate of drug-likeness (QED) is 0.808. The molecule has 0 bridgehead atoms. The number of hydrogen-bond acceptors (Lipinski definition) is 5. The average Bonchev–Trinajstić information content (AvgIpc) is 2.95. The van der Waals surface area contributed by atoms with Gasteiger partial charge in [0.15, 0.2) is 0 Å². The maximum Gasteiger partial charge on any atom is 0.323 e. The molecule has 0 radical (unpaired) electrons. The van der Waals surface area contributed by atoms with Crippen molar-refractivity contribution in [2.75, 3.05) is 13.7 Å². The Bertz CT molecular complexity index is 444. The molecule has 1 fully saturated rings. The number of ether oxygens (including phenoxy) is 1. The van der Waals surface area contributed by atoms with Crippen LogP contribution in [0.15, 0.2) is 12.4 Å². The molecule has 1 aromatic rings. The Balaban J connectivity index is 2.12. The maximum absolute atomic E-state index is 11.7. The summed E-state index contributed by atoms with van der Waals surface area (Å²) in [7, 11) is 1.38. The highest BCUT2D eigenvalue weighted by Crippen LogP contribution is 2.22. The number of aliphatic hydroxyl groups excluding tert-OH is 1. The number of carbonyl (C=O) groups excluding carboxylic acids is 1. The summed E-state index contributed by atoms with van der Waals surface area (Å²) in [6.07, 6.45) is 3.63. The first-order chi connectivity index (χ1) is 9.02. The number of rotatable bonds is 4. The average molecular weight is 267 g/mol. The lowest BCUT2D eigenvalue weighted by molar-refractivity contribution is -0.146. The predicted molar refractivity (Wildman–Crippen MR) is 69.4 cm³/mol. The normalized spacial score (nSPS) is 24.1. The fraction of sp³-hybridized carbons (Fsp3) is 0.692. The molecule has 1 aliphatic heterocycles. The van der Waals surface area contributed by atoms with Gasteiger partial charge in [-0.1, -0.05) is 0 Å². The van der Waals surface area contributed by atoms with E-state index >= 15 is 0 Å². The lowest BCUT2D eigenvalue weighted by atomic mass is 10.2. The molecule has 1 saturated heterocycles. The minimum atomic E-state index is -0.480. The van der Waals surface area contributed by atoms with Crippen LogP contribution in [0.4, 0.5) is 0 Å². The molecular weight excluding hydrogens is 246 g/mol. The van der Waals surface area contributed by atoms with E-state index in [0.29, 0.717) is 25.6 Å². The first kappa shape index (κ1) is 14.0. The Morgan fingerprint density at radius 1 is 1.63 bits per heavy atom. The second kappa shape index (κ2) is 5.71. The Kier molecular flexibility index (Phi) is 4.21. The number of aliphatic hydroxyl groups is 1. The number of imidazole rings is 1. The summed E-state index contributed by atoms with van der Waals surface area (Å²) in [5, 5.41) is 9.74. The summed E-state index contributed by atoms with van der Waals surface area (Å²) in [6.45, 7) is 5.19. The number of carbonyl (C=O) groups is 1. The molecule has 1 aliphatic rings. The first-order valence-corrected chi connectivity index (χ1v) is 6.54. The van der Waals surface area contributed by atoms with Crippen LogP contribution in [0.5, 0.6) is 0 Å². The molecule has 2 rings (SSSR count). The van der Waals surface area contributed by atoms with Gasteiger partial charge < -0.3 is 14.4 Å². The minimum absolute atomic E-state index is 0.292. The summed E-state index contributed by atoms with van der Waals surface area (Å²) in [4.78, 5) is 18.0. The van der Waals surface area contributed by atoms with Gasteiger partial charge in [-0.3, -0.25) is 9.69 Å². The molecular formula is C13H21N3O3. The summed E-state index contributed by atoms with van der Waals surface area (Å²) < 4.78 is 6.86. The number of hydrogen-bond donors (Lipinski definition) is 1. The molecule has 0 aromatic carbocycles. The minimum Gasteiger partial charge on any atom is -0.468 e. The second-order valence-corrected chi connectivity index (χ2v) is 5.20. The SMILES string of the molecule is COC(=O)[C@@H]1C[C@H](O)CN1Cc1nccn1C(C)C. The van der Waals surface area contributed by atoms with Crippen LogP contribution < -0.4 is 0 Å². The summed E-state index contributed by atoms with van der Waals surface area (Å²) >= 11 is 0. The van der Waals surface area contributed by atoms with Crippen molar-refractivity contribution in [1.82, 2.24) is 14.5 Å². The standard InChI is InChI=1S/C13H21N3O3/c1-9(2)16-5-4-14-12(16)8-15-7-10(17)6-11(15)13(18)19-3/h4-5,9-11,17H,6-8H2,1-3H3/t10-,11-/m0/s1. The van der Waals surface area contributed by atoms with E-state index in [4.69, 9.17) is 4.74 Å². The predicted octanol–water partition coefficient (Wildman–Crippen LogP) is 0.572. The number of aromatic nitrogens is 2. The van der Waals surface area contributed by atoms with E-state index in [0.717, 1.165) is 5.82 Å². The zero-order valence-electron chi connectivity index (χ0n) is 11.6. The number of β-amino-alcohol motifs (C(OH)–C–C–N with tert-alkyl or cyclic N) is 1. The topological polar surface area (TPSA) is 67.6 Å². The third-order valence-corrected chi connectivity index (χ3v) is 3.50. The zero-order valence-corrected chi connectivity index (χ0v) is 11.6. The second-order valence-electron chi connectivity index (χ2n) is 5.20. The van der Waals surface area contributed by atoms with Crippen molar-refractivity contribution in [3.05, 3.63) is 18.2 Å². The number of esters is 1. The van der Waals surface area contributed by atoms with Crippen LogP contribution in [0.1, 0.15) is 32.1 Å². The largest absolute Gasteiger partial charge is 0.468 e. The van der Waals surface area contributed by atoms with Crippen molar-refractivity contribution in [3.63, 3.8) is 0 Å². The Morgan fingerprint density at radius 3 is 3.00 bits per heavy atom. The van der Waals surface area contributed by atoms with Crippen LogP contribution in [-0.4, -0.2) is 51.3 Å². The highest BCUT2D eigenvalue weighted by Gasteiger charge is 2.37. The molecule has 2 heterocycles. The number of likely N-dealkylation sites (tertiary alicyclic amines) is 1. The molecule has 106 valence electrons. The fourth-order valence-corrected chi connectivity index (χ4v) is 2.55. The van der Waals surface area contributed by atoms with Gasteiger partial charge in [-0.2, -0.15) is 0 Å². The Morgan fingerprint density at radius 2 is 2.37 bits per heavy atom. The fourth-order valence-electron chi connectivity index (χ4n) is 2.55. The van der Waals surface area contributed by atoms with Crippen molar-refractivity contribution >= 4 is 5.97 Å². The van der Waals surface area contributed by atoms with E-state index in [1.807, 2.05) is 11.1 Å².